The molecule has 38 heavy (non-hydrogen) atoms. The van der Waals surface area contributed by atoms with Crippen molar-refractivity contribution in [1.29, 1.82) is 0 Å². The number of hydrogen-bond donors (Lipinski definition) is 9. The molecule has 2 aromatic heterocycles. The third-order valence-electron chi connectivity index (χ3n) is 5.92. The van der Waals surface area contributed by atoms with E-state index in [1.807, 2.05) is 18.2 Å². The number of carbonyl (C=O) groups is 4. The predicted octanol–water partition coefficient (Wildman–Crippen LogP) is -2.08. The Kier molecular flexibility index (Phi) is 9.54. The maximum atomic E-state index is 12.9. The lowest BCUT2D eigenvalue weighted by Gasteiger charge is -2.26. The van der Waals surface area contributed by atoms with E-state index in [1.54, 1.807) is 12.3 Å². The number of para-hydroxylation sites is 1. The summed E-state index contributed by atoms with van der Waals surface area (Å²) in [7, 11) is 0. The summed E-state index contributed by atoms with van der Waals surface area (Å²) in [5.41, 5.74) is 7.89. The summed E-state index contributed by atoms with van der Waals surface area (Å²) in [6.07, 6.45) is 3.15. The number of aromatic amines is 2. The lowest BCUT2D eigenvalue weighted by atomic mass is 10.0. The first-order valence-electron chi connectivity index (χ1n) is 11.8. The SMILES string of the molecule is CC(O)C(NC(=O)C(CO)NC(=O)C(N)Cc1cnc[nH]1)C(=O)NC(Cc1c[nH]c2ccccc12)C(=O)O. The molecule has 1 aromatic carbocycles. The summed E-state index contributed by atoms with van der Waals surface area (Å²) >= 11 is 0. The fraction of sp³-hybridized carbons (Fsp3) is 0.375. The van der Waals surface area contributed by atoms with Crippen LogP contribution in [0.1, 0.15) is 18.2 Å². The van der Waals surface area contributed by atoms with E-state index in [1.165, 1.54) is 19.4 Å². The molecule has 10 N–H and O–H groups in total. The first-order chi connectivity index (χ1) is 18.1. The fourth-order valence-electron chi connectivity index (χ4n) is 3.84. The van der Waals surface area contributed by atoms with Crippen LogP contribution in [0, 0.1) is 0 Å². The second-order valence-electron chi connectivity index (χ2n) is 8.82. The number of aliphatic hydroxyl groups excluding tert-OH is 2. The average molecular weight is 530 g/mol. The largest absolute Gasteiger partial charge is 0.480 e. The van der Waals surface area contributed by atoms with E-state index in [9.17, 15) is 34.5 Å². The third-order valence-corrected chi connectivity index (χ3v) is 5.92. The van der Waals surface area contributed by atoms with E-state index < -0.39 is 60.6 Å². The van der Waals surface area contributed by atoms with Gasteiger partial charge in [-0.2, -0.15) is 0 Å². The summed E-state index contributed by atoms with van der Waals surface area (Å²) in [4.78, 5) is 59.6. The minimum atomic E-state index is -1.57. The van der Waals surface area contributed by atoms with Crippen molar-refractivity contribution in [2.75, 3.05) is 6.61 Å². The number of carbonyl (C=O) groups excluding carboxylic acids is 3. The van der Waals surface area contributed by atoms with Crippen LogP contribution in [0.15, 0.2) is 43.0 Å². The number of benzene rings is 1. The Morgan fingerprint density at radius 3 is 2.34 bits per heavy atom. The van der Waals surface area contributed by atoms with E-state index in [-0.39, 0.29) is 12.8 Å². The molecule has 3 amide bonds. The van der Waals surface area contributed by atoms with E-state index in [4.69, 9.17) is 5.73 Å². The number of amides is 3. The zero-order chi connectivity index (χ0) is 27.8. The van der Waals surface area contributed by atoms with Gasteiger partial charge in [-0.15, -0.1) is 0 Å². The van der Waals surface area contributed by atoms with Crippen LogP contribution in [-0.2, 0) is 32.0 Å². The monoisotopic (exact) mass is 529 g/mol. The number of fused-ring (bicyclic) bond motifs is 1. The van der Waals surface area contributed by atoms with Crippen molar-refractivity contribution in [1.82, 2.24) is 30.9 Å². The van der Waals surface area contributed by atoms with Crippen LogP contribution in [0.25, 0.3) is 10.9 Å². The van der Waals surface area contributed by atoms with Gasteiger partial charge in [-0.1, -0.05) is 18.2 Å². The van der Waals surface area contributed by atoms with Crippen LogP contribution in [0.5, 0.6) is 0 Å². The number of rotatable bonds is 13. The van der Waals surface area contributed by atoms with Crippen molar-refractivity contribution in [2.24, 2.45) is 5.73 Å². The molecule has 3 rings (SSSR count). The predicted molar refractivity (Wildman–Crippen MR) is 134 cm³/mol. The van der Waals surface area contributed by atoms with Gasteiger partial charge in [0, 0.05) is 41.8 Å². The van der Waals surface area contributed by atoms with Crippen molar-refractivity contribution >= 4 is 34.6 Å². The third kappa shape index (κ3) is 7.15. The Balaban J connectivity index is 1.64. The summed E-state index contributed by atoms with van der Waals surface area (Å²) < 4.78 is 0. The van der Waals surface area contributed by atoms with Crippen LogP contribution in [0.3, 0.4) is 0 Å². The molecule has 5 atom stereocenters. The molecule has 14 heteroatoms. The highest BCUT2D eigenvalue weighted by Crippen LogP contribution is 2.19. The number of carboxylic acid groups (broad SMARTS) is 1. The zero-order valence-corrected chi connectivity index (χ0v) is 20.5. The van der Waals surface area contributed by atoms with Gasteiger partial charge in [0.05, 0.1) is 25.1 Å². The topological polar surface area (TPSA) is 236 Å². The molecule has 0 aliphatic heterocycles. The van der Waals surface area contributed by atoms with Crippen molar-refractivity contribution in [2.45, 2.75) is 50.0 Å². The van der Waals surface area contributed by atoms with Crippen LogP contribution in [0.2, 0.25) is 0 Å². The molecule has 0 aliphatic carbocycles. The lowest BCUT2D eigenvalue weighted by Crippen LogP contribution is -2.60. The lowest BCUT2D eigenvalue weighted by molar-refractivity contribution is -0.143. The number of hydrogen-bond acceptors (Lipinski definition) is 8. The first-order valence-corrected chi connectivity index (χ1v) is 11.8. The number of nitrogens with zero attached hydrogens (tertiary/aromatic N) is 1. The van der Waals surface area contributed by atoms with Crippen molar-refractivity contribution in [3.8, 4) is 0 Å². The number of imidazole rings is 1. The molecule has 0 fully saturated rings. The Hall–Kier alpha value is -4.27. The molecular formula is C24H31N7O7. The van der Waals surface area contributed by atoms with E-state index in [0.717, 1.165) is 10.9 Å². The molecule has 14 nitrogen and oxygen atoms in total. The van der Waals surface area contributed by atoms with Gasteiger partial charge in [0.15, 0.2) is 0 Å². The maximum absolute atomic E-state index is 12.9. The maximum Gasteiger partial charge on any atom is 0.326 e. The van der Waals surface area contributed by atoms with Gasteiger partial charge in [0.2, 0.25) is 17.7 Å². The molecule has 0 saturated heterocycles. The number of H-pyrrole nitrogens is 2. The Labute approximate surface area is 217 Å². The summed E-state index contributed by atoms with van der Waals surface area (Å²) in [6.45, 7) is 0.410. The molecule has 5 unspecified atom stereocenters. The number of aliphatic carboxylic acids is 1. The van der Waals surface area contributed by atoms with E-state index in [2.05, 4.69) is 30.9 Å². The molecule has 0 saturated carbocycles. The molecular weight excluding hydrogens is 498 g/mol. The van der Waals surface area contributed by atoms with Gasteiger partial charge in [0.25, 0.3) is 0 Å². The minimum Gasteiger partial charge on any atom is -0.480 e. The van der Waals surface area contributed by atoms with Crippen LogP contribution >= 0.6 is 0 Å². The van der Waals surface area contributed by atoms with Gasteiger partial charge in [-0.05, 0) is 18.6 Å². The van der Waals surface area contributed by atoms with Gasteiger partial charge < -0.3 is 47.0 Å². The fourth-order valence-corrected chi connectivity index (χ4v) is 3.84. The van der Waals surface area contributed by atoms with Crippen molar-refractivity contribution < 1.29 is 34.5 Å². The highest BCUT2D eigenvalue weighted by molar-refractivity contribution is 5.94. The standard InChI is InChI=1S/C24H31N7O7/c1-12(33)20(31-22(35)19(10-32)30-21(34)16(25)7-14-9-26-11-28-14)23(36)29-18(24(37)38)6-13-8-27-17-5-3-2-4-15(13)17/h2-5,8-9,11-12,16,18-20,27,32-33H,6-7,10,25H2,1H3,(H,26,28)(H,29,36)(H,30,34)(H,31,35)(H,37,38). The summed E-state index contributed by atoms with van der Waals surface area (Å²) in [6, 6.07) is 1.78. The minimum absolute atomic E-state index is 0.0604. The van der Waals surface area contributed by atoms with E-state index >= 15 is 0 Å². The van der Waals surface area contributed by atoms with Gasteiger partial charge >= 0.3 is 5.97 Å². The second kappa shape index (κ2) is 12.8. The Morgan fingerprint density at radius 2 is 1.71 bits per heavy atom. The second-order valence-corrected chi connectivity index (χ2v) is 8.82. The highest BCUT2D eigenvalue weighted by atomic mass is 16.4. The highest BCUT2D eigenvalue weighted by Gasteiger charge is 2.33. The smallest absolute Gasteiger partial charge is 0.326 e. The van der Waals surface area contributed by atoms with Crippen molar-refractivity contribution in [3.05, 3.63) is 54.2 Å². The Bertz CT molecular complexity index is 1260. The van der Waals surface area contributed by atoms with Crippen molar-refractivity contribution in [3.63, 3.8) is 0 Å². The van der Waals surface area contributed by atoms with Crippen LogP contribution < -0.4 is 21.7 Å². The Morgan fingerprint density at radius 1 is 1.00 bits per heavy atom. The molecule has 2 heterocycles. The quantitative estimate of drug-likeness (QED) is 0.118. The number of nitrogens with two attached hydrogens (primary N) is 1. The normalized spacial score (nSPS) is 15.2. The number of carboxylic acids is 1. The van der Waals surface area contributed by atoms with Crippen LogP contribution in [-0.4, -0.2) is 90.8 Å². The number of aliphatic hydroxyl groups is 2. The number of nitrogens with one attached hydrogen (secondary N) is 5. The van der Waals surface area contributed by atoms with E-state index in [0.29, 0.717) is 11.3 Å². The molecule has 0 bridgehead atoms. The summed E-state index contributed by atoms with van der Waals surface area (Å²) in [5, 5.41) is 37.2. The van der Waals surface area contributed by atoms with Gasteiger partial charge in [0.1, 0.15) is 18.1 Å². The molecule has 0 radical (unpaired) electrons. The molecule has 0 aliphatic rings. The molecule has 204 valence electrons. The summed E-state index contributed by atoms with van der Waals surface area (Å²) in [5.74, 6) is -3.98. The van der Waals surface area contributed by atoms with Gasteiger partial charge in [-0.3, -0.25) is 14.4 Å². The molecule has 0 spiro atoms. The zero-order valence-electron chi connectivity index (χ0n) is 20.5. The van der Waals surface area contributed by atoms with Gasteiger partial charge in [-0.25, -0.2) is 9.78 Å². The molecule has 3 aromatic rings. The average Bonchev–Trinajstić information content (AvgIpc) is 3.54. The first kappa shape index (κ1) is 28.3. The van der Waals surface area contributed by atoms with Crippen LogP contribution in [0.4, 0.5) is 0 Å². The number of aromatic nitrogens is 3.